The van der Waals surface area contributed by atoms with Gasteiger partial charge in [-0.25, -0.2) is 8.42 Å². The van der Waals surface area contributed by atoms with E-state index in [4.69, 9.17) is 0 Å². The van der Waals surface area contributed by atoms with Gasteiger partial charge in [-0.05, 0) is 24.3 Å². The van der Waals surface area contributed by atoms with Gasteiger partial charge < -0.3 is 5.32 Å². The van der Waals surface area contributed by atoms with Crippen molar-refractivity contribution in [3.05, 3.63) is 58.4 Å². The van der Waals surface area contributed by atoms with Gasteiger partial charge in [-0.2, -0.15) is 4.31 Å². The van der Waals surface area contributed by atoms with Crippen molar-refractivity contribution in [2.24, 2.45) is 0 Å². The van der Waals surface area contributed by atoms with Gasteiger partial charge in [-0.3, -0.25) is 15.1 Å². The average Bonchev–Trinajstić information content (AvgIpc) is 2.61. The maximum absolute atomic E-state index is 12.5. The van der Waals surface area contributed by atoms with Gasteiger partial charge in [0.05, 0.1) is 22.1 Å². The number of nitrogens with one attached hydrogen (secondary N) is 1. The van der Waals surface area contributed by atoms with Crippen LogP contribution in [0.4, 0.5) is 11.4 Å². The lowest BCUT2D eigenvalue weighted by Crippen LogP contribution is -2.30. The van der Waals surface area contributed by atoms with Crippen LogP contribution in [0.25, 0.3) is 0 Å². The normalized spacial score (nSPS) is 11.5. The Balaban J connectivity index is 2.33. The average molecular weight is 364 g/mol. The second-order valence-electron chi connectivity index (χ2n) is 5.20. The molecule has 25 heavy (non-hydrogen) atoms. The summed E-state index contributed by atoms with van der Waals surface area (Å²) in [6, 6.07) is 9.27. The Hall–Kier alpha value is -2.52. The van der Waals surface area contributed by atoms with Crippen molar-refractivity contribution in [3.8, 4) is 0 Å². The lowest BCUT2D eigenvalue weighted by molar-refractivity contribution is -0.384. The number of aromatic nitrogens is 1. The first-order valence-electron chi connectivity index (χ1n) is 7.82. The molecule has 0 aliphatic rings. The van der Waals surface area contributed by atoms with Gasteiger partial charge in [-0.15, -0.1) is 0 Å². The molecule has 2 rings (SSSR count). The zero-order valence-electron chi connectivity index (χ0n) is 14.0. The SMILES string of the molecule is CCN(CC)S(=O)(=O)c1ccc(NCc2ccccn2)c([N+](=O)[O-])c1. The van der Waals surface area contributed by atoms with Crippen molar-refractivity contribution in [1.29, 1.82) is 0 Å². The van der Waals surface area contributed by atoms with E-state index in [9.17, 15) is 18.5 Å². The number of nitro benzene ring substituents is 1. The minimum absolute atomic E-state index is 0.0914. The summed E-state index contributed by atoms with van der Waals surface area (Å²) in [6.07, 6.45) is 1.63. The number of hydrogen-bond acceptors (Lipinski definition) is 6. The molecule has 0 amide bonds. The van der Waals surface area contributed by atoms with Crippen molar-refractivity contribution in [2.45, 2.75) is 25.3 Å². The predicted octanol–water partition coefficient (Wildman–Crippen LogP) is 2.63. The van der Waals surface area contributed by atoms with E-state index < -0.39 is 14.9 Å². The van der Waals surface area contributed by atoms with Crippen LogP contribution < -0.4 is 5.32 Å². The molecule has 0 unspecified atom stereocenters. The highest BCUT2D eigenvalue weighted by atomic mass is 32.2. The van der Waals surface area contributed by atoms with Crippen LogP contribution in [-0.4, -0.2) is 35.7 Å². The maximum atomic E-state index is 12.5. The molecule has 1 N–H and O–H groups in total. The molecule has 0 aliphatic carbocycles. The monoisotopic (exact) mass is 364 g/mol. The molecule has 2 aromatic rings. The van der Waals surface area contributed by atoms with Gasteiger partial charge >= 0.3 is 0 Å². The van der Waals surface area contributed by atoms with Crippen LogP contribution in [0.2, 0.25) is 0 Å². The highest BCUT2D eigenvalue weighted by molar-refractivity contribution is 7.89. The molecule has 0 saturated carbocycles. The summed E-state index contributed by atoms with van der Waals surface area (Å²) in [4.78, 5) is 14.8. The third kappa shape index (κ3) is 4.31. The van der Waals surface area contributed by atoms with E-state index in [1.807, 2.05) is 6.07 Å². The van der Waals surface area contributed by atoms with E-state index in [2.05, 4.69) is 10.3 Å². The second kappa shape index (κ2) is 8.04. The second-order valence-corrected chi connectivity index (χ2v) is 7.14. The van der Waals surface area contributed by atoms with Gasteiger partial charge in [0.2, 0.25) is 10.0 Å². The summed E-state index contributed by atoms with van der Waals surface area (Å²) >= 11 is 0. The van der Waals surface area contributed by atoms with Gasteiger partial charge in [0, 0.05) is 25.4 Å². The third-order valence-electron chi connectivity index (χ3n) is 3.70. The van der Waals surface area contributed by atoms with E-state index >= 15 is 0 Å². The van der Waals surface area contributed by atoms with E-state index in [0.29, 0.717) is 19.6 Å². The molecule has 0 spiro atoms. The summed E-state index contributed by atoms with van der Waals surface area (Å²) in [5, 5.41) is 14.3. The highest BCUT2D eigenvalue weighted by Crippen LogP contribution is 2.29. The number of rotatable bonds is 8. The van der Waals surface area contributed by atoms with Crippen LogP contribution in [0.3, 0.4) is 0 Å². The van der Waals surface area contributed by atoms with Crippen molar-refractivity contribution in [2.75, 3.05) is 18.4 Å². The summed E-state index contributed by atoms with van der Waals surface area (Å²) in [6.45, 7) is 4.33. The summed E-state index contributed by atoms with van der Waals surface area (Å²) < 4.78 is 26.3. The quantitative estimate of drug-likeness (QED) is 0.570. The fraction of sp³-hybridized carbons (Fsp3) is 0.312. The Morgan fingerprint density at radius 2 is 1.92 bits per heavy atom. The summed E-state index contributed by atoms with van der Waals surface area (Å²) in [5.74, 6) is 0. The Bertz CT molecular complexity index is 836. The Morgan fingerprint density at radius 1 is 1.20 bits per heavy atom. The molecule has 1 aromatic carbocycles. The molecule has 8 nitrogen and oxygen atoms in total. The maximum Gasteiger partial charge on any atom is 0.293 e. The molecular formula is C16H20N4O4S. The fourth-order valence-corrected chi connectivity index (χ4v) is 3.85. The number of anilines is 1. The Kier molecular flexibility index (Phi) is 6.05. The molecule has 0 aliphatic heterocycles. The number of sulfonamides is 1. The molecule has 1 aromatic heterocycles. The van der Waals surface area contributed by atoms with Crippen molar-refractivity contribution >= 4 is 21.4 Å². The molecule has 0 atom stereocenters. The largest absolute Gasteiger partial charge is 0.374 e. The molecule has 0 saturated heterocycles. The summed E-state index contributed by atoms with van der Waals surface area (Å²) in [5.41, 5.74) is 0.676. The van der Waals surface area contributed by atoms with Crippen molar-refractivity contribution in [3.63, 3.8) is 0 Å². The van der Waals surface area contributed by atoms with Crippen LogP contribution >= 0.6 is 0 Å². The molecule has 1 heterocycles. The van der Waals surface area contributed by atoms with E-state index in [1.54, 1.807) is 32.2 Å². The first-order valence-corrected chi connectivity index (χ1v) is 9.26. The molecule has 0 bridgehead atoms. The number of nitrogens with zero attached hydrogens (tertiary/aromatic N) is 3. The number of hydrogen-bond donors (Lipinski definition) is 1. The van der Waals surface area contributed by atoms with Crippen LogP contribution in [0.1, 0.15) is 19.5 Å². The van der Waals surface area contributed by atoms with Gasteiger partial charge in [0.1, 0.15) is 5.69 Å². The Morgan fingerprint density at radius 3 is 2.48 bits per heavy atom. The zero-order valence-corrected chi connectivity index (χ0v) is 14.9. The number of benzene rings is 1. The van der Waals surface area contributed by atoms with Crippen LogP contribution in [0, 0.1) is 10.1 Å². The minimum Gasteiger partial charge on any atom is -0.374 e. The summed E-state index contributed by atoms with van der Waals surface area (Å²) in [7, 11) is -3.75. The fourth-order valence-electron chi connectivity index (χ4n) is 2.37. The lowest BCUT2D eigenvalue weighted by Gasteiger charge is -2.18. The topological polar surface area (TPSA) is 105 Å². The molecule has 0 fully saturated rings. The standard InChI is InChI=1S/C16H20N4O4S/c1-3-19(4-2)25(23,24)14-8-9-15(16(11-14)20(21)22)18-12-13-7-5-6-10-17-13/h5-11,18H,3-4,12H2,1-2H3. The van der Waals surface area contributed by atoms with Gasteiger partial charge in [0.25, 0.3) is 5.69 Å². The Labute approximate surface area is 146 Å². The van der Waals surface area contributed by atoms with E-state index in [0.717, 1.165) is 11.8 Å². The number of pyridine rings is 1. The first-order chi connectivity index (χ1) is 11.9. The smallest absolute Gasteiger partial charge is 0.293 e. The van der Waals surface area contributed by atoms with Crippen molar-refractivity contribution in [1.82, 2.24) is 9.29 Å². The molecule has 0 radical (unpaired) electrons. The van der Waals surface area contributed by atoms with Crippen LogP contribution in [-0.2, 0) is 16.6 Å². The number of nitro groups is 1. The van der Waals surface area contributed by atoms with Gasteiger partial charge in [-0.1, -0.05) is 19.9 Å². The van der Waals surface area contributed by atoms with E-state index in [-0.39, 0.29) is 16.3 Å². The molecular weight excluding hydrogens is 344 g/mol. The minimum atomic E-state index is -3.75. The van der Waals surface area contributed by atoms with Crippen LogP contribution in [0.15, 0.2) is 47.5 Å². The van der Waals surface area contributed by atoms with Crippen LogP contribution in [0.5, 0.6) is 0 Å². The first kappa shape index (κ1) is 18.8. The third-order valence-corrected chi connectivity index (χ3v) is 5.74. The predicted molar refractivity (Wildman–Crippen MR) is 94.8 cm³/mol. The molecule has 9 heteroatoms. The zero-order chi connectivity index (χ0) is 18.4. The van der Waals surface area contributed by atoms with Gasteiger partial charge in [0.15, 0.2) is 0 Å². The highest BCUT2D eigenvalue weighted by Gasteiger charge is 2.25. The van der Waals surface area contributed by atoms with Crippen molar-refractivity contribution < 1.29 is 13.3 Å². The van der Waals surface area contributed by atoms with E-state index in [1.165, 1.54) is 16.4 Å². The lowest BCUT2D eigenvalue weighted by atomic mass is 10.2. The molecule has 134 valence electrons.